The van der Waals surface area contributed by atoms with Gasteiger partial charge >= 0.3 is 12.0 Å². The van der Waals surface area contributed by atoms with Gasteiger partial charge in [0.15, 0.2) is 0 Å². The minimum atomic E-state index is -0.988. The molecule has 3 amide bonds. The minimum absolute atomic E-state index is 0.176. The van der Waals surface area contributed by atoms with Crippen LogP contribution in [-0.2, 0) is 14.3 Å². The Bertz CT molecular complexity index is 401. The van der Waals surface area contributed by atoms with Crippen LogP contribution in [-0.4, -0.2) is 78.2 Å². The maximum Gasteiger partial charge on any atom is 0.318 e. The predicted octanol–water partition coefficient (Wildman–Crippen LogP) is -0.262. The summed E-state index contributed by atoms with van der Waals surface area (Å²) in [5.74, 6) is -1.17. The van der Waals surface area contributed by atoms with Crippen molar-refractivity contribution < 1.29 is 24.2 Å². The van der Waals surface area contributed by atoms with E-state index in [0.717, 1.165) is 0 Å². The van der Waals surface area contributed by atoms with Gasteiger partial charge < -0.3 is 25.0 Å². The number of rotatable bonds is 5. The molecule has 0 aromatic heterocycles. The van der Waals surface area contributed by atoms with Crippen molar-refractivity contribution in [3.05, 3.63) is 0 Å². The van der Waals surface area contributed by atoms with Crippen LogP contribution >= 0.6 is 0 Å². The number of urea groups is 1. The first-order chi connectivity index (χ1) is 9.86. The molecule has 0 radical (unpaired) electrons. The molecule has 2 N–H and O–H groups in total. The fraction of sp³-hybridized carbons (Fsp3) is 0.769. The first-order valence-electron chi connectivity index (χ1n) is 6.98. The Morgan fingerprint density at radius 1 is 1.48 bits per heavy atom. The number of carbonyl (C=O) groups is 3. The molecular formula is C13H23N3O5. The fourth-order valence-electron chi connectivity index (χ4n) is 2.11. The second-order valence-electron chi connectivity index (χ2n) is 5.04. The van der Waals surface area contributed by atoms with E-state index >= 15 is 0 Å². The Morgan fingerprint density at radius 3 is 2.71 bits per heavy atom. The van der Waals surface area contributed by atoms with Gasteiger partial charge in [0.05, 0.1) is 25.7 Å². The lowest BCUT2D eigenvalue weighted by atomic mass is 10.1. The predicted molar refractivity (Wildman–Crippen MR) is 74.9 cm³/mol. The zero-order valence-corrected chi connectivity index (χ0v) is 12.7. The molecule has 0 saturated carbocycles. The molecule has 2 unspecified atom stereocenters. The van der Waals surface area contributed by atoms with E-state index in [4.69, 9.17) is 9.84 Å². The van der Waals surface area contributed by atoms with Crippen LogP contribution in [0.4, 0.5) is 4.79 Å². The Labute approximate surface area is 124 Å². The van der Waals surface area contributed by atoms with Crippen LogP contribution in [0.2, 0.25) is 0 Å². The highest BCUT2D eigenvalue weighted by Crippen LogP contribution is 2.11. The number of hydrogen-bond donors (Lipinski definition) is 2. The van der Waals surface area contributed by atoms with E-state index in [1.807, 2.05) is 6.92 Å². The van der Waals surface area contributed by atoms with Crippen molar-refractivity contribution in [2.24, 2.45) is 0 Å². The van der Waals surface area contributed by atoms with Crippen LogP contribution in [0, 0.1) is 0 Å². The standard InChI is InChI=1S/C13H23N3O5/c1-4-15(3)12(19)9(2)14-13(20)16-5-6-21-8-10(16)7-11(17)18/h9-10H,4-8H2,1-3H3,(H,14,20)(H,17,18). The summed E-state index contributed by atoms with van der Waals surface area (Å²) in [7, 11) is 1.66. The van der Waals surface area contributed by atoms with E-state index < -0.39 is 24.1 Å². The number of nitrogens with one attached hydrogen (secondary N) is 1. The third-order valence-electron chi connectivity index (χ3n) is 3.46. The van der Waals surface area contributed by atoms with Crippen LogP contribution < -0.4 is 5.32 Å². The fourth-order valence-corrected chi connectivity index (χ4v) is 2.11. The molecule has 8 heteroatoms. The number of nitrogens with zero attached hydrogens (tertiary/aromatic N) is 2. The van der Waals surface area contributed by atoms with E-state index in [9.17, 15) is 14.4 Å². The lowest BCUT2D eigenvalue weighted by Crippen LogP contribution is -2.56. The number of hydrogen-bond acceptors (Lipinski definition) is 4. The van der Waals surface area contributed by atoms with Gasteiger partial charge in [-0.1, -0.05) is 0 Å². The average molecular weight is 301 g/mol. The van der Waals surface area contributed by atoms with Crippen LogP contribution in [0.5, 0.6) is 0 Å². The highest BCUT2D eigenvalue weighted by Gasteiger charge is 2.30. The summed E-state index contributed by atoms with van der Waals surface area (Å²) in [6.45, 7) is 4.88. The summed E-state index contributed by atoms with van der Waals surface area (Å²) < 4.78 is 5.21. The molecule has 1 fully saturated rings. The maximum absolute atomic E-state index is 12.2. The average Bonchev–Trinajstić information content (AvgIpc) is 2.45. The Hall–Kier alpha value is -1.83. The number of ether oxygens (including phenoxy) is 1. The van der Waals surface area contributed by atoms with Crippen molar-refractivity contribution in [1.82, 2.24) is 15.1 Å². The lowest BCUT2D eigenvalue weighted by molar-refractivity contribution is -0.139. The van der Waals surface area contributed by atoms with E-state index in [1.165, 1.54) is 9.80 Å². The van der Waals surface area contributed by atoms with E-state index in [0.29, 0.717) is 19.7 Å². The molecule has 1 saturated heterocycles. The van der Waals surface area contributed by atoms with Gasteiger partial charge in [-0.2, -0.15) is 0 Å². The molecule has 0 spiro atoms. The van der Waals surface area contributed by atoms with Gasteiger partial charge in [-0.05, 0) is 13.8 Å². The molecule has 21 heavy (non-hydrogen) atoms. The van der Waals surface area contributed by atoms with Gasteiger partial charge in [-0.3, -0.25) is 9.59 Å². The monoisotopic (exact) mass is 301 g/mol. The van der Waals surface area contributed by atoms with Crippen LogP contribution in [0.3, 0.4) is 0 Å². The minimum Gasteiger partial charge on any atom is -0.481 e. The number of aliphatic carboxylic acids is 1. The Morgan fingerprint density at radius 2 is 2.14 bits per heavy atom. The normalized spacial score (nSPS) is 19.8. The van der Waals surface area contributed by atoms with E-state index in [-0.39, 0.29) is 18.9 Å². The Kier molecular flexibility index (Phi) is 6.41. The van der Waals surface area contributed by atoms with Gasteiger partial charge in [-0.15, -0.1) is 0 Å². The number of morpholine rings is 1. The van der Waals surface area contributed by atoms with Crippen molar-refractivity contribution in [1.29, 1.82) is 0 Å². The molecule has 0 aromatic carbocycles. The zero-order valence-electron chi connectivity index (χ0n) is 12.7. The smallest absolute Gasteiger partial charge is 0.318 e. The topological polar surface area (TPSA) is 99.2 Å². The first-order valence-corrected chi connectivity index (χ1v) is 6.98. The third kappa shape index (κ3) is 4.89. The van der Waals surface area contributed by atoms with Crippen LogP contribution in [0.15, 0.2) is 0 Å². The molecule has 0 bridgehead atoms. The summed E-state index contributed by atoms with van der Waals surface area (Å²) in [5, 5.41) is 11.5. The van der Waals surface area contributed by atoms with Crippen molar-refractivity contribution in [3.63, 3.8) is 0 Å². The summed E-state index contributed by atoms with van der Waals surface area (Å²) in [5.41, 5.74) is 0. The number of carbonyl (C=O) groups excluding carboxylic acids is 2. The van der Waals surface area contributed by atoms with Crippen molar-refractivity contribution in [2.75, 3.05) is 33.4 Å². The van der Waals surface area contributed by atoms with Gasteiger partial charge in [0.1, 0.15) is 6.04 Å². The molecular weight excluding hydrogens is 278 g/mol. The van der Waals surface area contributed by atoms with Gasteiger partial charge in [0.25, 0.3) is 0 Å². The molecule has 8 nitrogen and oxygen atoms in total. The van der Waals surface area contributed by atoms with Gasteiger partial charge in [0, 0.05) is 20.1 Å². The quantitative estimate of drug-likeness (QED) is 0.729. The van der Waals surface area contributed by atoms with E-state index in [2.05, 4.69) is 5.32 Å². The van der Waals surface area contributed by atoms with Crippen molar-refractivity contribution in [3.8, 4) is 0 Å². The summed E-state index contributed by atoms with van der Waals surface area (Å²) >= 11 is 0. The number of carboxylic acids is 1. The SMILES string of the molecule is CCN(C)C(=O)C(C)NC(=O)N1CCOCC1CC(=O)O. The van der Waals surface area contributed by atoms with Crippen LogP contribution in [0.1, 0.15) is 20.3 Å². The second-order valence-corrected chi connectivity index (χ2v) is 5.04. The molecule has 120 valence electrons. The molecule has 1 aliphatic rings. The van der Waals surface area contributed by atoms with Crippen molar-refractivity contribution >= 4 is 17.9 Å². The molecule has 1 heterocycles. The van der Waals surface area contributed by atoms with Crippen LogP contribution in [0.25, 0.3) is 0 Å². The Balaban J connectivity index is 2.63. The van der Waals surface area contributed by atoms with Crippen molar-refractivity contribution in [2.45, 2.75) is 32.4 Å². The largest absolute Gasteiger partial charge is 0.481 e. The number of amides is 3. The maximum atomic E-state index is 12.2. The molecule has 1 rings (SSSR count). The van der Waals surface area contributed by atoms with Gasteiger partial charge in [-0.25, -0.2) is 4.79 Å². The summed E-state index contributed by atoms with van der Waals surface area (Å²) in [6.07, 6.45) is -0.176. The summed E-state index contributed by atoms with van der Waals surface area (Å²) in [4.78, 5) is 37.9. The number of likely N-dealkylation sites (N-methyl/N-ethyl adjacent to an activating group) is 1. The molecule has 1 aliphatic heterocycles. The third-order valence-corrected chi connectivity index (χ3v) is 3.46. The molecule has 0 aliphatic carbocycles. The molecule has 0 aromatic rings. The number of carboxylic acid groups (broad SMARTS) is 1. The molecule has 2 atom stereocenters. The zero-order chi connectivity index (χ0) is 16.0. The highest BCUT2D eigenvalue weighted by molar-refractivity contribution is 5.86. The van der Waals surface area contributed by atoms with E-state index in [1.54, 1.807) is 14.0 Å². The highest BCUT2D eigenvalue weighted by atomic mass is 16.5. The first kappa shape index (κ1) is 17.2. The lowest BCUT2D eigenvalue weighted by Gasteiger charge is -2.35. The second kappa shape index (κ2) is 7.82. The summed E-state index contributed by atoms with van der Waals surface area (Å²) in [6, 6.07) is -1.60. The van der Waals surface area contributed by atoms with Gasteiger partial charge in [0.2, 0.25) is 5.91 Å².